The van der Waals surface area contributed by atoms with Crippen LogP contribution in [0.15, 0.2) is 18.2 Å². The Kier molecular flexibility index (Phi) is 7.36. The highest BCUT2D eigenvalue weighted by Crippen LogP contribution is 2.23. The number of rotatable bonds is 8. The first-order chi connectivity index (χ1) is 9.06. The number of hydrogen-bond acceptors (Lipinski definition) is 2. The van der Waals surface area contributed by atoms with Gasteiger partial charge in [-0.15, -0.1) is 0 Å². The van der Waals surface area contributed by atoms with Crippen LogP contribution in [0.25, 0.3) is 0 Å². The maximum Gasteiger partial charge on any atom is 0.144 e. The molecule has 0 fully saturated rings. The van der Waals surface area contributed by atoms with E-state index in [1.807, 2.05) is 6.07 Å². The quantitative estimate of drug-likeness (QED) is 0.739. The Bertz CT molecular complexity index is 384. The average molecular weight is 288 g/mol. The fourth-order valence-corrected chi connectivity index (χ4v) is 2.19. The summed E-state index contributed by atoms with van der Waals surface area (Å²) >= 11 is 5.82. The summed E-state index contributed by atoms with van der Waals surface area (Å²) in [6.07, 6.45) is 0.698. The molecule has 0 spiro atoms. The monoisotopic (exact) mass is 287 g/mol. The van der Waals surface area contributed by atoms with Crippen LogP contribution in [-0.2, 0) is 11.2 Å². The molecule has 1 rings (SSSR count). The molecule has 19 heavy (non-hydrogen) atoms. The molecule has 2 nitrogen and oxygen atoms in total. The number of ether oxygens (including phenoxy) is 1. The smallest absolute Gasteiger partial charge is 0.144 e. The van der Waals surface area contributed by atoms with E-state index in [4.69, 9.17) is 16.3 Å². The second-order valence-electron chi connectivity index (χ2n) is 5.12. The van der Waals surface area contributed by atoms with Gasteiger partial charge in [0.05, 0.1) is 11.6 Å². The number of benzene rings is 1. The SMILES string of the molecule is COCCNCC(Cc1cccc(Cl)c1F)C(C)C. The molecular formula is C15H23ClFNO. The Labute approximate surface area is 120 Å². The molecule has 1 aromatic carbocycles. The molecule has 0 saturated heterocycles. The second kappa shape index (κ2) is 8.51. The molecule has 0 bridgehead atoms. The van der Waals surface area contributed by atoms with Crippen molar-refractivity contribution in [2.75, 3.05) is 26.8 Å². The van der Waals surface area contributed by atoms with E-state index < -0.39 is 0 Å². The zero-order chi connectivity index (χ0) is 14.3. The third-order valence-electron chi connectivity index (χ3n) is 3.35. The summed E-state index contributed by atoms with van der Waals surface area (Å²) in [5, 5.41) is 3.54. The molecule has 0 saturated carbocycles. The van der Waals surface area contributed by atoms with E-state index >= 15 is 0 Å². The molecule has 0 aromatic heterocycles. The van der Waals surface area contributed by atoms with Crippen LogP contribution in [0, 0.1) is 17.7 Å². The van der Waals surface area contributed by atoms with Crippen molar-refractivity contribution in [2.45, 2.75) is 20.3 Å². The average Bonchev–Trinajstić information content (AvgIpc) is 2.37. The van der Waals surface area contributed by atoms with Gasteiger partial charge in [-0.2, -0.15) is 0 Å². The molecular weight excluding hydrogens is 265 g/mol. The number of hydrogen-bond donors (Lipinski definition) is 1. The first-order valence-corrected chi connectivity index (χ1v) is 7.06. The van der Waals surface area contributed by atoms with E-state index in [2.05, 4.69) is 19.2 Å². The summed E-state index contributed by atoms with van der Waals surface area (Å²) in [6.45, 7) is 6.68. The van der Waals surface area contributed by atoms with Crippen molar-refractivity contribution in [1.29, 1.82) is 0 Å². The predicted octanol–water partition coefficient (Wildman–Crippen LogP) is 3.53. The van der Waals surface area contributed by atoms with E-state index in [-0.39, 0.29) is 10.8 Å². The lowest BCUT2D eigenvalue weighted by Gasteiger charge is -2.22. The molecule has 0 amide bonds. The van der Waals surface area contributed by atoms with Gasteiger partial charge in [0.25, 0.3) is 0 Å². The summed E-state index contributed by atoms with van der Waals surface area (Å²) in [6, 6.07) is 5.20. The lowest BCUT2D eigenvalue weighted by molar-refractivity contribution is 0.196. The predicted molar refractivity (Wildman–Crippen MR) is 78.2 cm³/mol. The molecule has 0 aliphatic heterocycles. The van der Waals surface area contributed by atoms with Gasteiger partial charge in [0, 0.05) is 13.7 Å². The van der Waals surface area contributed by atoms with E-state index in [0.717, 1.165) is 13.1 Å². The van der Waals surface area contributed by atoms with Crippen molar-refractivity contribution in [2.24, 2.45) is 11.8 Å². The zero-order valence-corrected chi connectivity index (χ0v) is 12.6. The van der Waals surface area contributed by atoms with Crippen LogP contribution < -0.4 is 5.32 Å². The summed E-state index contributed by atoms with van der Waals surface area (Å²) in [5.41, 5.74) is 0.694. The minimum atomic E-state index is -0.285. The van der Waals surface area contributed by atoms with Gasteiger partial charge < -0.3 is 10.1 Å². The number of nitrogens with one attached hydrogen (secondary N) is 1. The molecule has 0 radical (unpaired) electrons. The van der Waals surface area contributed by atoms with Gasteiger partial charge in [0.1, 0.15) is 5.82 Å². The third kappa shape index (κ3) is 5.47. The summed E-state index contributed by atoms with van der Waals surface area (Å²) in [5.74, 6) is 0.574. The fraction of sp³-hybridized carbons (Fsp3) is 0.600. The van der Waals surface area contributed by atoms with Crippen molar-refractivity contribution in [3.05, 3.63) is 34.6 Å². The van der Waals surface area contributed by atoms with Crippen LogP contribution in [0.2, 0.25) is 5.02 Å². The maximum atomic E-state index is 13.9. The van der Waals surface area contributed by atoms with Gasteiger partial charge in [0.2, 0.25) is 0 Å². The normalized spacial score (nSPS) is 12.9. The van der Waals surface area contributed by atoms with Crippen molar-refractivity contribution in [3.8, 4) is 0 Å². The van der Waals surface area contributed by atoms with Crippen LogP contribution in [-0.4, -0.2) is 26.8 Å². The lowest BCUT2D eigenvalue weighted by Crippen LogP contribution is -2.30. The second-order valence-corrected chi connectivity index (χ2v) is 5.53. The highest BCUT2D eigenvalue weighted by molar-refractivity contribution is 6.30. The number of halogens is 2. The summed E-state index contributed by atoms with van der Waals surface area (Å²) in [4.78, 5) is 0. The Morgan fingerprint density at radius 1 is 1.37 bits per heavy atom. The van der Waals surface area contributed by atoms with E-state index in [9.17, 15) is 4.39 Å². The molecule has 1 atom stereocenters. The van der Waals surface area contributed by atoms with E-state index in [1.54, 1.807) is 19.2 Å². The Morgan fingerprint density at radius 3 is 2.74 bits per heavy atom. The van der Waals surface area contributed by atoms with Crippen molar-refractivity contribution in [3.63, 3.8) is 0 Å². The molecule has 0 aliphatic rings. The number of methoxy groups -OCH3 is 1. The van der Waals surface area contributed by atoms with Crippen molar-refractivity contribution >= 4 is 11.6 Å². The first kappa shape index (κ1) is 16.4. The van der Waals surface area contributed by atoms with Crippen molar-refractivity contribution < 1.29 is 9.13 Å². The van der Waals surface area contributed by atoms with E-state index in [0.29, 0.717) is 30.4 Å². The summed E-state index contributed by atoms with van der Waals surface area (Å²) in [7, 11) is 1.68. The molecule has 4 heteroatoms. The van der Waals surface area contributed by atoms with Gasteiger partial charge in [-0.3, -0.25) is 0 Å². The largest absolute Gasteiger partial charge is 0.383 e. The van der Waals surface area contributed by atoms with Crippen LogP contribution >= 0.6 is 11.6 Å². The highest BCUT2D eigenvalue weighted by Gasteiger charge is 2.16. The Morgan fingerprint density at radius 2 is 2.11 bits per heavy atom. The molecule has 0 aliphatic carbocycles. The summed E-state index contributed by atoms with van der Waals surface area (Å²) < 4.78 is 18.9. The molecule has 1 aromatic rings. The van der Waals surface area contributed by atoms with Gasteiger partial charge in [-0.05, 0) is 36.4 Å². The Hall–Kier alpha value is -0.640. The highest BCUT2D eigenvalue weighted by atomic mass is 35.5. The van der Waals surface area contributed by atoms with E-state index in [1.165, 1.54) is 0 Å². The van der Waals surface area contributed by atoms with Crippen molar-refractivity contribution in [1.82, 2.24) is 5.32 Å². The lowest BCUT2D eigenvalue weighted by atomic mass is 9.89. The third-order valence-corrected chi connectivity index (χ3v) is 3.64. The molecule has 108 valence electrons. The standard InChI is InChI=1S/C15H23ClFNO/c1-11(2)13(10-18-7-8-19-3)9-12-5-4-6-14(16)15(12)17/h4-6,11,13,18H,7-10H2,1-3H3. The van der Waals surface area contributed by atoms with Crippen LogP contribution in [0.1, 0.15) is 19.4 Å². The maximum absolute atomic E-state index is 13.9. The van der Waals surface area contributed by atoms with Crippen LogP contribution in [0.3, 0.4) is 0 Å². The molecule has 0 heterocycles. The van der Waals surface area contributed by atoms with Crippen LogP contribution in [0.5, 0.6) is 0 Å². The van der Waals surface area contributed by atoms with Gasteiger partial charge in [-0.25, -0.2) is 4.39 Å². The minimum absolute atomic E-state index is 0.201. The minimum Gasteiger partial charge on any atom is -0.383 e. The molecule has 1 unspecified atom stereocenters. The molecule has 1 N–H and O–H groups in total. The fourth-order valence-electron chi connectivity index (χ4n) is 1.99. The zero-order valence-electron chi connectivity index (χ0n) is 11.9. The Balaban J connectivity index is 2.60. The van der Waals surface area contributed by atoms with Gasteiger partial charge in [-0.1, -0.05) is 37.6 Å². The topological polar surface area (TPSA) is 21.3 Å². The van der Waals surface area contributed by atoms with Gasteiger partial charge in [0.15, 0.2) is 0 Å². The van der Waals surface area contributed by atoms with Gasteiger partial charge >= 0.3 is 0 Å². The van der Waals surface area contributed by atoms with Crippen LogP contribution in [0.4, 0.5) is 4.39 Å². The first-order valence-electron chi connectivity index (χ1n) is 6.68.